The Morgan fingerprint density at radius 1 is 0.640 bits per heavy atom. The quantitative estimate of drug-likeness (QED) is 0.0586. The Kier molecular flexibility index (Phi) is 18.7. The lowest BCUT2D eigenvalue weighted by molar-refractivity contribution is -0.143. The Morgan fingerprint density at radius 3 is 1.94 bits per heavy atom. The smallest absolute Gasteiger partial charge is 0.302 e. The number of fused-ring (bicyclic) bond motifs is 2. The lowest BCUT2D eigenvalue weighted by atomic mass is 9.96. The predicted molar refractivity (Wildman–Crippen MR) is 348 cm³/mol. The Labute approximate surface area is 510 Å². The van der Waals surface area contributed by atoms with E-state index in [9.17, 15) is 9.59 Å². The van der Waals surface area contributed by atoms with Gasteiger partial charge in [-0.25, -0.2) is 9.98 Å². The van der Waals surface area contributed by atoms with Crippen LogP contribution in [0.1, 0.15) is 73.4 Å². The Hall–Kier alpha value is -9.44. The molecular weight excluding hydrogens is 1110 g/mol. The highest BCUT2D eigenvalue weighted by atomic mass is 32.2. The molecule has 13 nitrogen and oxygen atoms in total. The molecule has 1 aromatic heterocycles. The summed E-state index contributed by atoms with van der Waals surface area (Å²) in [5.41, 5.74) is 11.9. The molecule has 2 aliphatic rings. The van der Waals surface area contributed by atoms with E-state index in [1.807, 2.05) is 84.9 Å². The molecule has 9 aromatic rings. The van der Waals surface area contributed by atoms with Gasteiger partial charge in [0.2, 0.25) is 11.9 Å². The molecule has 11 rings (SSSR count). The summed E-state index contributed by atoms with van der Waals surface area (Å²) in [6, 6.07) is 63.9. The van der Waals surface area contributed by atoms with Crippen molar-refractivity contribution in [2.75, 3.05) is 22.6 Å². The van der Waals surface area contributed by atoms with Crippen molar-refractivity contribution in [3.63, 3.8) is 0 Å². The minimum absolute atomic E-state index is 0.110. The first-order valence-electron chi connectivity index (χ1n) is 28.7. The molecule has 1 atom stereocenters. The number of guanidine groups is 1. The molecule has 2 heterocycles. The maximum absolute atomic E-state index is 12.3. The third kappa shape index (κ3) is 14.4. The fourth-order valence-electron chi connectivity index (χ4n) is 10.3. The lowest BCUT2D eigenvalue weighted by Gasteiger charge is -2.33. The standard InChI is InChI=1S/C71H66N8O5S2/c1-46(2)58-24-12-14-26-61(58)74-68-60-39-50(33-38-63(60)76-70(77-68)72-41-52-21-9-16-28-64(52)85-66-30-18-11-23-54(66)44-83-47(3)80)51-31-32-55(45-84-48(4)81)67(40-51)86-65-29-17-10-22-53(65)42-73-71-75-62-27-15-13-25-59(62)69(78-71)79(43-49-19-7-6-8-20-49)56-34-36-57(82-5)37-35-56/h6-26,28-40,46,62H,27,41-45H2,1-5H3,(H,73,75)(H2,72,74,76,77). The number of carbonyl (C=O) groups is 2. The van der Waals surface area contributed by atoms with Crippen molar-refractivity contribution in [2.24, 2.45) is 9.98 Å². The van der Waals surface area contributed by atoms with Crippen molar-refractivity contribution >= 4 is 81.3 Å². The third-order valence-corrected chi connectivity index (χ3v) is 17.2. The predicted octanol–water partition coefficient (Wildman–Crippen LogP) is 16.0. The van der Waals surface area contributed by atoms with E-state index in [0.29, 0.717) is 37.4 Å². The van der Waals surface area contributed by atoms with Gasteiger partial charge in [-0.15, -0.1) is 0 Å². The van der Waals surface area contributed by atoms with Crippen LogP contribution in [-0.2, 0) is 51.9 Å². The number of aromatic nitrogens is 2. The number of amidine groups is 1. The SMILES string of the molecule is COc1ccc(N(Cc2ccccc2)C2=NC(NCc3ccccc3Sc3cc(-c4ccc5nc(NCc6ccccc6Sc6ccccc6COC(C)=O)nc(Nc6ccccc6C(C)C)c5c4)ccc3COC(C)=O)=NC3CC=CC=C23)cc1. The molecule has 432 valence electrons. The van der Waals surface area contributed by atoms with Gasteiger partial charge in [0.15, 0.2) is 0 Å². The fourth-order valence-corrected chi connectivity index (χ4v) is 12.4. The summed E-state index contributed by atoms with van der Waals surface area (Å²) in [5, 5.41) is 11.8. The van der Waals surface area contributed by atoms with Crippen LogP contribution in [0.2, 0.25) is 0 Å². The second kappa shape index (κ2) is 27.5. The average molecular weight is 1180 g/mol. The van der Waals surface area contributed by atoms with Gasteiger partial charge < -0.3 is 35.1 Å². The van der Waals surface area contributed by atoms with E-state index in [4.69, 9.17) is 34.2 Å². The third-order valence-electron chi connectivity index (χ3n) is 14.7. The van der Waals surface area contributed by atoms with E-state index in [-0.39, 0.29) is 37.1 Å². The molecule has 0 spiro atoms. The first kappa shape index (κ1) is 58.3. The molecule has 3 N–H and O–H groups in total. The lowest BCUT2D eigenvalue weighted by Crippen LogP contribution is -2.41. The topological polar surface area (TPSA) is 152 Å². The minimum atomic E-state index is -0.354. The number of para-hydroxylation sites is 1. The number of benzene rings is 8. The summed E-state index contributed by atoms with van der Waals surface area (Å²) in [6.07, 6.45) is 7.14. The van der Waals surface area contributed by atoms with Gasteiger partial charge in [-0.2, -0.15) is 9.98 Å². The van der Waals surface area contributed by atoms with Crippen LogP contribution in [0.25, 0.3) is 22.0 Å². The summed E-state index contributed by atoms with van der Waals surface area (Å²) >= 11 is 3.26. The van der Waals surface area contributed by atoms with E-state index in [2.05, 4.69) is 156 Å². The number of esters is 2. The number of hydrogen-bond donors (Lipinski definition) is 3. The van der Waals surface area contributed by atoms with Gasteiger partial charge in [-0.3, -0.25) is 9.59 Å². The number of rotatable bonds is 21. The number of methoxy groups -OCH3 is 1. The van der Waals surface area contributed by atoms with E-state index < -0.39 is 0 Å². The highest BCUT2D eigenvalue weighted by molar-refractivity contribution is 7.99. The zero-order chi connectivity index (χ0) is 59.4. The number of allylic oxidation sites excluding steroid dienone is 2. The molecule has 0 fully saturated rings. The molecule has 15 heteroatoms. The van der Waals surface area contributed by atoms with Crippen molar-refractivity contribution in [1.29, 1.82) is 0 Å². The molecule has 1 aliphatic carbocycles. The fraction of sp³-hybridized carbons (Fsp3) is 0.183. The van der Waals surface area contributed by atoms with Gasteiger partial charge in [-0.05, 0) is 112 Å². The van der Waals surface area contributed by atoms with E-state index in [1.54, 1.807) is 30.6 Å². The van der Waals surface area contributed by atoms with Crippen LogP contribution in [0.4, 0.5) is 23.1 Å². The zero-order valence-electron chi connectivity index (χ0n) is 48.6. The van der Waals surface area contributed by atoms with Gasteiger partial charge in [0.25, 0.3) is 0 Å². The first-order valence-corrected chi connectivity index (χ1v) is 30.3. The second-order valence-electron chi connectivity index (χ2n) is 21.1. The Bertz CT molecular complexity index is 4050. The molecule has 0 saturated heterocycles. The molecule has 86 heavy (non-hydrogen) atoms. The number of carbonyl (C=O) groups excluding carboxylic acids is 2. The summed E-state index contributed by atoms with van der Waals surface area (Å²) in [6.45, 7) is 9.06. The molecule has 0 bridgehead atoms. The van der Waals surface area contributed by atoms with Gasteiger partial charge in [0.1, 0.15) is 30.6 Å². The number of anilines is 4. The molecule has 0 saturated carbocycles. The normalized spacial score (nSPS) is 13.5. The second-order valence-corrected chi connectivity index (χ2v) is 23.2. The number of nitrogens with zero attached hydrogens (tertiary/aromatic N) is 5. The molecule has 0 amide bonds. The first-order chi connectivity index (χ1) is 42.0. The van der Waals surface area contributed by atoms with Crippen molar-refractivity contribution in [2.45, 2.75) is 98.5 Å². The van der Waals surface area contributed by atoms with Crippen molar-refractivity contribution in [3.05, 3.63) is 245 Å². The molecule has 1 unspecified atom stereocenters. The zero-order valence-corrected chi connectivity index (χ0v) is 50.3. The van der Waals surface area contributed by atoms with Crippen molar-refractivity contribution in [3.8, 4) is 16.9 Å². The number of ether oxygens (including phenoxy) is 3. The van der Waals surface area contributed by atoms with Crippen LogP contribution in [0.3, 0.4) is 0 Å². The largest absolute Gasteiger partial charge is 0.497 e. The molecule has 8 aromatic carbocycles. The van der Waals surface area contributed by atoms with Crippen LogP contribution in [0, 0.1) is 0 Å². The van der Waals surface area contributed by atoms with Crippen molar-refractivity contribution in [1.82, 2.24) is 15.3 Å². The monoisotopic (exact) mass is 1170 g/mol. The maximum Gasteiger partial charge on any atom is 0.302 e. The van der Waals surface area contributed by atoms with E-state index in [0.717, 1.165) is 110 Å². The number of nitrogens with one attached hydrogen (secondary N) is 3. The van der Waals surface area contributed by atoms with Crippen LogP contribution in [0.15, 0.2) is 241 Å². The summed E-state index contributed by atoms with van der Waals surface area (Å²) in [5.74, 6) is 2.89. The Morgan fingerprint density at radius 2 is 1.24 bits per heavy atom. The number of hydrogen-bond acceptors (Lipinski definition) is 15. The Balaban J connectivity index is 0.888. The molecular formula is C71H66N8O5S2. The van der Waals surface area contributed by atoms with Gasteiger partial charge in [-0.1, -0.05) is 177 Å². The summed E-state index contributed by atoms with van der Waals surface area (Å²) in [4.78, 5) is 51.1. The van der Waals surface area contributed by atoms with Gasteiger partial charge in [0.05, 0.1) is 18.7 Å². The van der Waals surface area contributed by atoms with Crippen LogP contribution in [0.5, 0.6) is 5.75 Å². The highest BCUT2D eigenvalue weighted by Gasteiger charge is 2.30. The van der Waals surface area contributed by atoms with E-state index >= 15 is 0 Å². The van der Waals surface area contributed by atoms with Gasteiger partial charge in [0, 0.05) is 86.5 Å². The van der Waals surface area contributed by atoms with Crippen LogP contribution in [-0.4, -0.2) is 46.9 Å². The van der Waals surface area contributed by atoms with Crippen LogP contribution < -0.4 is 25.6 Å². The molecule has 0 radical (unpaired) electrons. The molecule has 1 aliphatic heterocycles. The maximum atomic E-state index is 12.3. The highest BCUT2D eigenvalue weighted by Crippen LogP contribution is 2.40. The summed E-state index contributed by atoms with van der Waals surface area (Å²) in [7, 11) is 1.68. The van der Waals surface area contributed by atoms with E-state index in [1.165, 1.54) is 13.8 Å². The summed E-state index contributed by atoms with van der Waals surface area (Å²) < 4.78 is 16.6. The number of aliphatic imine (C=N–C) groups is 2. The van der Waals surface area contributed by atoms with Gasteiger partial charge >= 0.3 is 11.9 Å². The van der Waals surface area contributed by atoms with Crippen molar-refractivity contribution < 1.29 is 23.8 Å². The van der Waals surface area contributed by atoms with Crippen LogP contribution >= 0.6 is 23.5 Å². The average Bonchev–Trinajstić information content (AvgIpc) is 2.60. The minimum Gasteiger partial charge on any atom is -0.497 e.